The van der Waals surface area contributed by atoms with Gasteiger partial charge < -0.3 is 9.47 Å². The first kappa shape index (κ1) is 32.3. The molecular weight excluding hydrogens is 622 g/mol. The van der Waals surface area contributed by atoms with E-state index in [9.17, 15) is 13.2 Å². The van der Waals surface area contributed by atoms with E-state index >= 15 is 0 Å². The summed E-state index contributed by atoms with van der Waals surface area (Å²) in [6, 6.07) is 36.6. The monoisotopic (exact) mass is 653 g/mol. The van der Waals surface area contributed by atoms with Gasteiger partial charge in [-0.1, -0.05) is 84.4 Å². The Hall–Kier alpha value is -5.12. The molecule has 0 aromatic heterocycles. The highest BCUT2D eigenvalue weighted by Crippen LogP contribution is 2.30. The van der Waals surface area contributed by atoms with Gasteiger partial charge in [0.1, 0.15) is 6.61 Å². The summed E-state index contributed by atoms with van der Waals surface area (Å²) in [4.78, 5) is 13.6. The maximum Gasteiger partial charge on any atom is 0.273 e. The lowest BCUT2D eigenvalue weighted by Gasteiger charge is -2.26. The summed E-state index contributed by atoms with van der Waals surface area (Å²) in [5.74, 6) is 0.502. The number of sulfonamides is 1. The zero-order valence-corrected chi connectivity index (χ0v) is 26.6. The molecule has 0 heterocycles. The number of ether oxygens (including phenoxy) is 2. The van der Waals surface area contributed by atoms with Crippen LogP contribution in [0.1, 0.15) is 34.0 Å². The van der Waals surface area contributed by atoms with Crippen LogP contribution < -0.4 is 19.2 Å². The number of para-hydroxylation sites is 1. The number of nitrogens with one attached hydrogen (secondary N) is 1. The minimum absolute atomic E-state index is 0.0254. The summed E-state index contributed by atoms with van der Waals surface area (Å²) in [5.41, 5.74) is 5.25. The number of hydrogen-bond acceptors (Lipinski definition) is 6. The van der Waals surface area contributed by atoms with Crippen LogP contribution in [-0.4, -0.2) is 27.1 Å². The van der Waals surface area contributed by atoms with Crippen molar-refractivity contribution < 1.29 is 22.7 Å². The SMILES string of the molecule is CCOc1cc(/C=N\NC(=O)c2ccccc2N(Cc2ccccc2)S(=O)(=O)c2ccccc2)ccc1OCc1cccc(Cl)c1. The predicted molar refractivity (Wildman–Crippen MR) is 181 cm³/mol. The van der Waals surface area contributed by atoms with Gasteiger partial charge in [-0.2, -0.15) is 5.10 Å². The highest BCUT2D eigenvalue weighted by atomic mass is 35.5. The van der Waals surface area contributed by atoms with Crippen molar-refractivity contribution in [3.63, 3.8) is 0 Å². The van der Waals surface area contributed by atoms with Crippen molar-refractivity contribution in [2.24, 2.45) is 5.10 Å². The molecule has 10 heteroatoms. The van der Waals surface area contributed by atoms with Gasteiger partial charge >= 0.3 is 0 Å². The second-order valence-corrected chi connectivity index (χ2v) is 12.4. The van der Waals surface area contributed by atoms with Crippen LogP contribution in [0.3, 0.4) is 0 Å². The van der Waals surface area contributed by atoms with Crippen LogP contribution in [0.25, 0.3) is 0 Å². The van der Waals surface area contributed by atoms with Gasteiger partial charge in [-0.05, 0) is 78.2 Å². The Morgan fingerprint density at radius 1 is 0.804 bits per heavy atom. The van der Waals surface area contributed by atoms with E-state index in [4.69, 9.17) is 21.1 Å². The Morgan fingerprint density at radius 3 is 2.24 bits per heavy atom. The number of carbonyl (C=O) groups excluding carboxylic acids is 1. The highest BCUT2D eigenvalue weighted by molar-refractivity contribution is 7.92. The molecule has 0 radical (unpaired) electrons. The number of halogens is 1. The van der Waals surface area contributed by atoms with E-state index in [-0.39, 0.29) is 22.7 Å². The molecule has 0 fully saturated rings. The fourth-order valence-corrected chi connectivity index (χ4v) is 6.36. The van der Waals surface area contributed by atoms with Gasteiger partial charge in [0.2, 0.25) is 0 Å². The molecule has 0 aliphatic heterocycles. The van der Waals surface area contributed by atoms with E-state index in [1.807, 2.05) is 55.5 Å². The first-order valence-corrected chi connectivity index (χ1v) is 16.3. The van der Waals surface area contributed by atoms with Crippen molar-refractivity contribution in [3.8, 4) is 11.5 Å². The maximum absolute atomic E-state index is 13.9. The second kappa shape index (κ2) is 15.2. The summed E-state index contributed by atoms with van der Waals surface area (Å²) < 4.78 is 40.8. The van der Waals surface area contributed by atoms with Crippen LogP contribution in [-0.2, 0) is 23.2 Å². The van der Waals surface area contributed by atoms with Gasteiger partial charge in [-0.15, -0.1) is 0 Å². The van der Waals surface area contributed by atoms with Crippen LogP contribution >= 0.6 is 11.6 Å². The van der Waals surface area contributed by atoms with Crippen molar-refractivity contribution >= 4 is 39.4 Å². The molecular formula is C36H32ClN3O5S. The molecule has 234 valence electrons. The van der Waals surface area contributed by atoms with E-state index in [0.717, 1.165) is 11.1 Å². The maximum atomic E-state index is 13.9. The number of nitrogens with zero attached hydrogens (tertiary/aromatic N) is 2. The normalized spacial score (nSPS) is 11.3. The number of carbonyl (C=O) groups is 1. The third-order valence-corrected chi connectivity index (χ3v) is 8.86. The lowest BCUT2D eigenvalue weighted by Crippen LogP contribution is -2.33. The standard InChI is InChI=1S/C36H32ClN3O5S/c1-2-44-35-23-28(20-21-34(35)45-26-29-14-11-15-30(37)22-29)24-38-39-36(41)32-18-9-10-19-33(32)40(25-27-12-5-3-6-13-27)46(42,43)31-16-7-4-8-17-31/h3-24H,2,25-26H2,1H3,(H,39,41)/b38-24-. The third-order valence-electron chi connectivity index (χ3n) is 6.85. The largest absolute Gasteiger partial charge is 0.490 e. The van der Waals surface area contributed by atoms with E-state index in [1.165, 1.54) is 22.7 Å². The number of anilines is 1. The zero-order valence-electron chi connectivity index (χ0n) is 25.0. The molecule has 5 aromatic rings. The fourth-order valence-electron chi connectivity index (χ4n) is 4.66. The molecule has 8 nitrogen and oxygen atoms in total. The van der Waals surface area contributed by atoms with E-state index in [0.29, 0.717) is 35.3 Å². The van der Waals surface area contributed by atoms with Crippen LogP contribution in [0, 0.1) is 0 Å². The highest BCUT2D eigenvalue weighted by Gasteiger charge is 2.28. The molecule has 0 saturated carbocycles. The van der Waals surface area contributed by atoms with Gasteiger partial charge in [-0.25, -0.2) is 13.8 Å². The predicted octanol–water partition coefficient (Wildman–Crippen LogP) is 7.48. The Balaban J connectivity index is 1.36. The zero-order chi connectivity index (χ0) is 32.4. The quantitative estimate of drug-likeness (QED) is 0.105. The topological polar surface area (TPSA) is 97.3 Å². The number of amides is 1. The molecule has 0 aliphatic carbocycles. The fraction of sp³-hybridized carbons (Fsp3) is 0.111. The lowest BCUT2D eigenvalue weighted by molar-refractivity contribution is 0.0955. The van der Waals surface area contributed by atoms with Crippen LogP contribution in [0.2, 0.25) is 5.02 Å². The molecule has 0 aliphatic rings. The van der Waals surface area contributed by atoms with E-state index in [2.05, 4.69) is 10.5 Å². The molecule has 46 heavy (non-hydrogen) atoms. The smallest absolute Gasteiger partial charge is 0.273 e. The summed E-state index contributed by atoms with van der Waals surface area (Å²) in [6.07, 6.45) is 1.48. The Labute approximate surface area is 273 Å². The van der Waals surface area contributed by atoms with Crippen molar-refractivity contribution in [2.45, 2.75) is 25.0 Å². The molecule has 5 aromatic carbocycles. The van der Waals surface area contributed by atoms with E-state index in [1.54, 1.807) is 66.7 Å². The first-order valence-electron chi connectivity index (χ1n) is 14.5. The number of hydrogen-bond donors (Lipinski definition) is 1. The molecule has 1 N–H and O–H groups in total. The van der Waals surface area contributed by atoms with Crippen LogP contribution in [0.4, 0.5) is 5.69 Å². The van der Waals surface area contributed by atoms with Crippen LogP contribution in [0.5, 0.6) is 11.5 Å². The Kier molecular flexibility index (Phi) is 10.7. The minimum Gasteiger partial charge on any atom is -0.490 e. The van der Waals surface area contributed by atoms with Gasteiger partial charge in [-0.3, -0.25) is 9.10 Å². The Morgan fingerprint density at radius 2 is 1.50 bits per heavy atom. The van der Waals surface area contributed by atoms with Gasteiger partial charge in [0.15, 0.2) is 11.5 Å². The third kappa shape index (κ3) is 8.12. The summed E-state index contributed by atoms with van der Waals surface area (Å²) in [5, 5.41) is 4.78. The Bertz CT molecular complexity index is 1920. The molecule has 0 unspecified atom stereocenters. The van der Waals surface area contributed by atoms with Crippen molar-refractivity contribution in [1.82, 2.24) is 5.43 Å². The second-order valence-electron chi connectivity index (χ2n) is 10.1. The number of benzene rings is 5. The van der Waals surface area contributed by atoms with Crippen LogP contribution in [0.15, 0.2) is 137 Å². The van der Waals surface area contributed by atoms with Gasteiger partial charge in [0, 0.05) is 5.02 Å². The van der Waals surface area contributed by atoms with Crippen molar-refractivity contribution in [2.75, 3.05) is 10.9 Å². The summed E-state index contributed by atoms with van der Waals surface area (Å²) in [7, 11) is -4.03. The molecule has 0 saturated heterocycles. The molecule has 0 bridgehead atoms. The van der Waals surface area contributed by atoms with Crippen molar-refractivity contribution in [1.29, 1.82) is 0 Å². The average molecular weight is 654 g/mol. The van der Waals surface area contributed by atoms with Crippen molar-refractivity contribution in [3.05, 3.63) is 155 Å². The molecule has 1 amide bonds. The summed E-state index contributed by atoms with van der Waals surface area (Å²) >= 11 is 6.09. The summed E-state index contributed by atoms with van der Waals surface area (Å²) in [6.45, 7) is 2.63. The first-order chi connectivity index (χ1) is 22.3. The molecule has 0 atom stereocenters. The van der Waals surface area contributed by atoms with Gasteiger partial charge in [0.05, 0.1) is 35.5 Å². The minimum atomic E-state index is -4.03. The lowest BCUT2D eigenvalue weighted by atomic mass is 10.1. The average Bonchev–Trinajstić information content (AvgIpc) is 3.08. The van der Waals surface area contributed by atoms with Gasteiger partial charge in [0.25, 0.3) is 15.9 Å². The number of hydrazone groups is 1. The van der Waals surface area contributed by atoms with E-state index < -0.39 is 15.9 Å². The molecule has 5 rings (SSSR count). The molecule has 0 spiro atoms. The number of rotatable bonds is 13.